The zero-order valence-corrected chi connectivity index (χ0v) is 17.3. The fourth-order valence-electron chi connectivity index (χ4n) is 4.00. The van der Waals surface area contributed by atoms with Gasteiger partial charge in [0.15, 0.2) is 0 Å². The maximum absolute atomic E-state index is 15.2. The summed E-state index contributed by atoms with van der Waals surface area (Å²) < 4.78 is 99.9. The highest BCUT2D eigenvalue weighted by Gasteiger charge is 2.31. The van der Waals surface area contributed by atoms with Crippen LogP contribution in [0.25, 0.3) is 22.8 Å². The molecule has 3 aromatic rings. The quantitative estimate of drug-likeness (QED) is 0.356. The molecule has 0 radical (unpaired) electrons. The minimum Gasteiger partial charge on any atom is -0.406 e. The number of rotatable bonds is 4. The lowest BCUT2D eigenvalue weighted by Crippen LogP contribution is -2.17. The van der Waals surface area contributed by atoms with Gasteiger partial charge in [-0.3, -0.25) is 0 Å². The Morgan fingerprint density at radius 1 is 0.818 bits per heavy atom. The van der Waals surface area contributed by atoms with E-state index in [2.05, 4.69) is 4.74 Å². The summed E-state index contributed by atoms with van der Waals surface area (Å²) in [4.78, 5) is 0. The zero-order valence-electron chi connectivity index (χ0n) is 17.3. The lowest BCUT2D eigenvalue weighted by molar-refractivity contribution is -0.274. The highest BCUT2D eigenvalue weighted by molar-refractivity contribution is 5.86. The standard InChI is InChI=1S/C25H17F7O/c1-2-13-9-19(26)22(20(27)10-13)15-5-8-18-16(11-15)12-21(28)23(24(18)29)14-3-6-17(7-4-14)33-25(30,31)32/h3-4,6-7,9-12H,2,5,8H2,1H3. The van der Waals surface area contributed by atoms with Crippen LogP contribution in [-0.4, -0.2) is 6.36 Å². The van der Waals surface area contributed by atoms with Gasteiger partial charge in [0, 0.05) is 5.56 Å². The van der Waals surface area contributed by atoms with Crippen molar-refractivity contribution in [2.24, 2.45) is 0 Å². The highest BCUT2D eigenvalue weighted by Crippen LogP contribution is 2.39. The minimum absolute atomic E-state index is 0.0318. The van der Waals surface area contributed by atoms with Crippen LogP contribution in [0.2, 0.25) is 0 Å². The van der Waals surface area contributed by atoms with Crippen molar-refractivity contribution < 1.29 is 35.5 Å². The first-order valence-electron chi connectivity index (χ1n) is 10.1. The first-order valence-corrected chi connectivity index (χ1v) is 10.1. The molecule has 1 nitrogen and oxygen atoms in total. The molecular weight excluding hydrogens is 449 g/mol. The summed E-state index contributed by atoms with van der Waals surface area (Å²) in [6.07, 6.45) is -2.86. The van der Waals surface area contributed by atoms with Gasteiger partial charge >= 0.3 is 6.36 Å². The van der Waals surface area contributed by atoms with Gasteiger partial charge in [-0.1, -0.05) is 25.1 Å². The van der Waals surface area contributed by atoms with Crippen LogP contribution in [0.3, 0.4) is 0 Å². The van der Waals surface area contributed by atoms with E-state index in [9.17, 15) is 26.3 Å². The summed E-state index contributed by atoms with van der Waals surface area (Å²) in [5, 5.41) is 0. The van der Waals surface area contributed by atoms with E-state index in [4.69, 9.17) is 0 Å². The molecule has 1 aliphatic carbocycles. The molecule has 0 amide bonds. The molecule has 33 heavy (non-hydrogen) atoms. The number of alkyl halides is 3. The Morgan fingerprint density at radius 2 is 1.42 bits per heavy atom. The summed E-state index contributed by atoms with van der Waals surface area (Å²) in [5.41, 5.74) is 0.530. The number of allylic oxidation sites excluding steroid dienone is 1. The third-order valence-electron chi connectivity index (χ3n) is 5.54. The summed E-state index contributed by atoms with van der Waals surface area (Å²) in [5.74, 6) is -3.81. The smallest absolute Gasteiger partial charge is 0.406 e. The van der Waals surface area contributed by atoms with Crippen LogP contribution in [0, 0.1) is 23.3 Å². The molecule has 0 N–H and O–H groups in total. The Balaban J connectivity index is 1.72. The second-order valence-electron chi connectivity index (χ2n) is 7.64. The van der Waals surface area contributed by atoms with Crippen molar-refractivity contribution in [3.8, 4) is 16.9 Å². The van der Waals surface area contributed by atoms with E-state index in [-0.39, 0.29) is 35.1 Å². The SMILES string of the molecule is CCc1cc(F)c(C2=Cc3cc(F)c(-c4ccc(OC(F)(F)F)cc4)c(F)c3CC2)c(F)c1. The van der Waals surface area contributed by atoms with Gasteiger partial charge in [0.25, 0.3) is 0 Å². The van der Waals surface area contributed by atoms with Crippen molar-refractivity contribution in [1.29, 1.82) is 0 Å². The van der Waals surface area contributed by atoms with Crippen LogP contribution >= 0.6 is 0 Å². The molecule has 0 saturated carbocycles. The molecular formula is C25H17F7O. The van der Waals surface area contributed by atoms with Crippen molar-refractivity contribution >= 4 is 11.6 Å². The number of ether oxygens (including phenoxy) is 1. The van der Waals surface area contributed by atoms with Gasteiger partial charge in [0.1, 0.15) is 29.0 Å². The Bertz CT molecular complexity index is 1220. The molecule has 0 spiro atoms. The van der Waals surface area contributed by atoms with Crippen LogP contribution in [0.1, 0.15) is 35.6 Å². The Labute approximate surface area is 185 Å². The highest BCUT2D eigenvalue weighted by atomic mass is 19.4. The molecule has 0 aliphatic heterocycles. The summed E-state index contributed by atoms with van der Waals surface area (Å²) in [6.45, 7) is 1.77. The third-order valence-corrected chi connectivity index (χ3v) is 5.54. The fraction of sp³-hybridized carbons (Fsp3) is 0.200. The maximum Gasteiger partial charge on any atom is 0.573 e. The van der Waals surface area contributed by atoms with E-state index in [1.807, 2.05) is 0 Å². The van der Waals surface area contributed by atoms with Crippen molar-refractivity contribution in [3.63, 3.8) is 0 Å². The first-order chi connectivity index (χ1) is 15.6. The fourth-order valence-corrected chi connectivity index (χ4v) is 4.00. The van der Waals surface area contributed by atoms with E-state index in [0.717, 1.165) is 30.3 Å². The molecule has 0 atom stereocenters. The summed E-state index contributed by atoms with van der Waals surface area (Å²) in [7, 11) is 0. The van der Waals surface area contributed by atoms with Gasteiger partial charge in [-0.2, -0.15) is 0 Å². The van der Waals surface area contributed by atoms with Gasteiger partial charge in [0.05, 0.1) is 5.56 Å². The molecule has 0 aromatic heterocycles. The lowest BCUT2D eigenvalue weighted by Gasteiger charge is -2.21. The average Bonchev–Trinajstić information content (AvgIpc) is 2.73. The predicted molar refractivity (Wildman–Crippen MR) is 110 cm³/mol. The van der Waals surface area contributed by atoms with E-state index >= 15 is 4.39 Å². The van der Waals surface area contributed by atoms with E-state index in [0.29, 0.717) is 17.6 Å². The van der Waals surface area contributed by atoms with Gasteiger partial charge in [-0.15, -0.1) is 13.2 Å². The molecule has 0 saturated heterocycles. The average molecular weight is 466 g/mol. The van der Waals surface area contributed by atoms with E-state index < -0.39 is 40.9 Å². The van der Waals surface area contributed by atoms with Crippen LogP contribution in [0.4, 0.5) is 30.7 Å². The van der Waals surface area contributed by atoms with Gasteiger partial charge in [-0.05, 0) is 77.4 Å². The molecule has 3 aromatic carbocycles. The number of aryl methyl sites for hydroxylation is 1. The van der Waals surface area contributed by atoms with Crippen LogP contribution < -0.4 is 4.74 Å². The van der Waals surface area contributed by atoms with Crippen LogP contribution in [0.5, 0.6) is 5.75 Å². The van der Waals surface area contributed by atoms with Crippen molar-refractivity contribution in [2.45, 2.75) is 32.5 Å². The molecule has 172 valence electrons. The number of fused-ring (bicyclic) bond motifs is 1. The maximum atomic E-state index is 15.2. The van der Waals surface area contributed by atoms with Gasteiger partial charge in [0.2, 0.25) is 0 Å². The second kappa shape index (κ2) is 8.57. The van der Waals surface area contributed by atoms with Crippen LogP contribution in [0.15, 0.2) is 42.5 Å². The monoisotopic (exact) mass is 466 g/mol. The van der Waals surface area contributed by atoms with Crippen molar-refractivity contribution in [3.05, 3.63) is 88.0 Å². The number of hydrogen-bond acceptors (Lipinski definition) is 1. The lowest BCUT2D eigenvalue weighted by atomic mass is 9.85. The number of hydrogen-bond donors (Lipinski definition) is 0. The van der Waals surface area contributed by atoms with Crippen molar-refractivity contribution in [2.75, 3.05) is 0 Å². The normalized spacial score (nSPS) is 13.5. The molecule has 1 aliphatic rings. The number of halogens is 7. The summed E-state index contributed by atoms with van der Waals surface area (Å²) in [6, 6.07) is 7.72. The molecule has 0 bridgehead atoms. The first kappa shape index (κ1) is 22.9. The molecule has 0 fully saturated rings. The molecule has 8 heteroatoms. The topological polar surface area (TPSA) is 9.23 Å². The molecule has 0 heterocycles. The van der Waals surface area contributed by atoms with Crippen LogP contribution in [-0.2, 0) is 12.8 Å². The largest absolute Gasteiger partial charge is 0.573 e. The van der Waals surface area contributed by atoms with Gasteiger partial charge in [-0.25, -0.2) is 17.6 Å². The Kier molecular flexibility index (Phi) is 5.95. The number of benzene rings is 3. The molecule has 0 unspecified atom stereocenters. The zero-order chi connectivity index (χ0) is 23.9. The van der Waals surface area contributed by atoms with Crippen molar-refractivity contribution in [1.82, 2.24) is 0 Å². The van der Waals surface area contributed by atoms with E-state index in [1.54, 1.807) is 6.92 Å². The predicted octanol–water partition coefficient (Wildman–Crippen LogP) is 7.86. The second-order valence-corrected chi connectivity index (χ2v) is 7.64. The summed E-state index contributed by atoms with van der Waals surface area (Å²) >= 11 is 0. The Morgan fingerprint density at radius 3 is 2.00 bits per heavy atom. The van der Waals surface area contributed by atoms with Gasteiger partial charge < -0.3 is 4.74 Å². The molecule has 4 rings (SSSR count). The third kappa shape index (κ3) is 4.60. The van der Waals surface area contributed by atoms with E-state index in [1.165, 1.54) is 18.2 Å². The minimum atomic E-state index is -4.89. The Hall–Kier alpha value is -3.29.